The summed E-state index contributed by atoms with van der Waals surface area (Å²) in [7, 11) is 3.06. The van der Waals surface area contributed by atoms with Crippen molar-refractivity contribution in [2.75, 3.05) is 32.8 Å². The summed E-state index contributed by atoms with van der Waals surface area (Å²) in [5.74, 6) is 0.596. The standard InChI is InChI=1S/C21H23N3O6/c1-13(25)22-11-19(26)24(2)20(14-4-7-16(28-3)8-5-14)21(27)23-15-6-9-17-18(10-15)30-12-29-17/h4-10,20H,11-12H2,1-3H3,(H,22,25)(H,23,27). The van der Waals surface area contributed by atoms with E-state index in [1.54, 1.807) is 49.6 Å². The smallest absolute Gasteiger partial charge is 0.251 e. The quantitative estimate of drug-likeness (QED) is 0.716. The summed E-state index contributed by atoms with van der Waals surface area (Å²) in [5.41, 5.74) is 1.10. The molecule has 2 aromatic rings. The van der Waals surface area contributed by atoms with E-state index in [1.807, 2.05) is 0 Å². The van der Waals surface area contributed by atoms with Gasteiger partial charge >= 0.3 is 0 Å². The van der Waals surface area contributed by atoms with Crippen LogP contribution >= 0.6 is 0 Å². The average Bonchev–Trinajstić information content (AvgIpc) is 3.20. The number of anilines is 1. The van der Waals surface area contributed by atoms with Crippen LogP contribution in [0.3, 0.4) is 0 Å². The number of likely N-dealkylation sites (N-methyl/N-ethyl adjacent to an activating group) is 1. The summed E-state index contributed by atoms with van der Waals surface area (Å²) < 4.78 is 15.8. The van der Waals surface area contributed by atoms with Gasteiger partial charge in [-0.15, -0.1) is 0 Å². The molecule has 1 aliphatic heterocycles. The topological polar surface area (TPSA) is 106 Å². The fraction of sp³-hybridized carbons (Fsp3) is 0.286. The minimum Gasteiger partial charge on any atom is -0.497 e. The van der Waals surface area contributed by atoms with E-state index in [-0.39, 0.29) is 19.2 Å². The molecule has 3 amide bonds. The van der Waals surface area contributed by atoms with Crippen LogP contribution in [-0.2, 0) is 14.4 Å². The van der Waals surface area contributed by atoms with Crippen LogP contribution in [0.2, 0.25) is 0 Å². The molecule has 1 heterocycles. The number of methoxy groups -OCH3 is 1. The zero-order chi connectivity index (χ0) is 21.7. The Morgan fingerprint density at radius 3 is 2.47 bits per heavy atom. The predicted octanol–water partition coefficient (Wildman–Crippen LogP) is 1.70. The first-order valence-electron chi connectivity index (χ1n) is 9.23. The van der Waals surface area contributed by atoms with Gasteiger partial charge in [-0.1, -0.05) is 12.1 Å². The number of nitrogens with zero attached hydrogens (tertiary/aromatic N) is 1. The minimum absolute atomic E-state index is 0.127. The summed E-state index contributed by atoms with van der Waals surface area (Å²) in [6.07, 6.45) is 0. The number of hydrogen-bond acceptors (Lipinski definition) is 6. The van der Waals surface area contributed by atoms with Gasteiger partial charge in [0, 0.05) is 25.7 Å². The molecule has 2 N–H and O–H groups in total. The summed E-state index contributed by atoms with van der Waals surface area (Å²) >= 11 is 0. The zero-order valence-corrected chi connectivity index (χ0v) is 16.9. The molecule has 9 heteroatoms. The van der Waals surface area contributed by atoms with Crippen molar-refractivity contribution in [2.45, 2.75) is 13.0 Å². The Kier molecular flexibility index (Phi) is 6.41. The second-order valence-corrected chi connectivity index (χ2v) is 6.65. The van der Waals surface area contributed by atoms with Crippen LogP contribution < -0.4 is 24.8 Å². The molecule has 1 atom stereocenters. The highest BCUT2D eigenvalue weighted by atomic mass is 16.7. The number of nitrogens with one attached hydrogen (secondary N) is 2. The summed E-state index contributed by atoms with van der Waals surface area (Å²) in [6, 6.07) is 11.0. The SMILES string of the molecule is COc1ccc(C(C(=O)Nc2ccc3c(c2)OCO3)N(C)C(=O)CNC(C)=O)cc1. The van der Waals surface area contributed by atoms with E-state index >= 15 is 0 Å². The number of rotatable bonds is 7. The molecule has 0 aliphatic carbocycles. The molecule has 0 fully saturated rings. The summed E-state index contributed by atoms with van der Waals surface area (Å²) in [5, 5.41) is 5.27. The number of carbonyl (C=O) groups is 3. The molecule has 0 aromatic heterocycles. The van der Waals surface area contributed by atoms with Crippen molar-refractivity contribution in [2.24, 2.45) is 0 Å². The number of benzene rings is 2. The molecule has 1 unspecified atom stereocenters. The number of ether oxygens (including phenoxy) is 3. The Morgan fingerprint density at radius 1 is 1.10 bits per heavy atom. The van der Waals surface area contributed by atoms with Gasteiger partial charge in [0.1, 0.15) is 11.8 Å². The molecule has 0 bridgehead atoms. The lowest BCUT2D eigenvalue weighted by molar-refractivity contribution is -0.137. The van der Waals surface area contributed by atoms with Gasteiger partial charge in [-0.3, -0.25) is 14.4 Å². The van der Waals surface area contributed by atoms with Gasteiger partial charge in [0.25, 0.3) is 5.91 Å². The van der Waals surface area contributed by atoms with Gasteiger partial charge < -0.3 is 29.7 Å². The van der Waals surface area contributed by atoms with E-state index in [4.69, 9.17) is 14.2 Å². The molecule has 1 aliphatic rings. The molecule has 9 nitrogen and oxygen atoms in total. The predicted molar refractivity (Wildman–Crippen MR) is 108 cm³/mol. The third-order valence-corrected chi connectivity index (χ3v) is 4.59. The molecular formula is C21H23N3O6. The van der Waals surface area contributed by atoms with Crippen molar-refractivity contribution in [3.05, 3.63) is 48.0 Å². The number of hydrogen-bond donors (Lipinski definition) is 2. The van der Waals surface area contributed by atoms with E-state index in [9.17, 15) is 14.4 Å². The first-order chi connectivity index (χ1) is 14.4. The maximum atomic E-state index is 13.2. The fourth-order valence-corrected chi connectivity index (χ4v) is 2.99. The molecule has 158 valence electrons. The largest absolute Gasteiger partial charge is 0.497 e. The minimum atomic E-state index is -0.928. The second-order valence-electron chi connectivity index (χ2n) is 6.65. The van der Waals surface area contributed by atoms with Gasteiger partial charge in [-0.05, 0) is 29.8 Å². The van der Waals surface area contributed by atoms with Crippen LogP contribution in [0.15, 0.2) is 42.5 Å². The molecular weight excluding hydrogens is 390 g/mol. The van der Waals surface area contributed by atoms with Crippen molar-refractivity contribution in [3.8, 4) is 17.2 Å². The molecule has 0 saturated heterocycles. The van der Waals surface area contributed by atoms with E-state index in [0.717, 1.165) is 0 Å². The van der Waals surface area contributed by atoms with Gasteiger partial charge in [0.05, 0.1) is 13.7 Å². The molecule has 0 spiro atoms. The Hall–Kier alpha value is -3.75. The third-order valence-electron chi connectivity index (χ3n) is 4.59. The van der Waals surface area contributed by atoms with E-state index in [1.165, 1.54) is 18.9 Å². The van der Waals surface area contributed by atoms with Crippen molar-refractivity contribution in [3.63, 3.8) is 0 Å². The second kappa shape index (κ2) is 9.17. The molecule has 0 radical (unpaired) electrons. The highest BCUT2D eigenvalue weighted by Gasteiger charge is 2.29. The Bertz CT molecular complexity index is 944. The van der Waals surface area contributed by atoms with Crippen LogP contribution in [0.25, 0.3) is 0 Å². The lowest BCUT2D eigenvalue weighted by Crippen LogP contribution is -2.43. The fourth-order valence-electron chi connectivity index (χ4n) is 2.99. The molecule has 30 heavy (non-hydrogen) atoms. The zero-order valence-electron chi connectivity index (χ0n) is 16.9. The van der Waals surface area contributed by atoms with Crippen LogP contribution in [0, 0.1) is 0 Å². The molecule has 0 saturated carbocycles. The van der Waals surface area contributed by atoms with E-state index in [0.29, 0.717) is 28.5 Å². The Balaban J connectivity index is 1.84. The van der Waals surface area contributed by atoms with Crippen LogP contribution in [-0.4, -0.2) is 50.1 Å². The monoisotopic (exact) mass is 413 g/mol. The molecule has 3 rings (SSSR count). The van der Waals surface area contributed by atoms with Crippen LogP contribution in [0.1, 0.15) is 18.5 Å². The lowest BCUT2D eigenvalue weighted by Gasteiger charge is -2.28. The molecule has 2 aromatic carbocycles. The van der Waals surface area contributed by atoms with Gasteiger partial charge in [-0.2, -0.15) is 0 Å². The van der Waals surface area contributed by atoms with E-state index in [2.05, 4.69) is 10.6 Å². The normalized spacial score (nSPS) is 12.6. The first kappa shape index (κ1) is 21.0. The van der Waals surface area contributed by atoms with Crippen molar-refractivity contribution < 1.29 is 28.6 Å². The number of carbonyl (C=O) groups excluding carboxylic acids is 3. The lowest BCUT2D eigenvalue weighted by atomic mass is 10.0. The summed E-state index contributed by atoms with van der Waals surface area (Å²) in [4.78, 5) is 38.2. The number of fused-ring (bicyclic) bond motifs is 1. The maximum absolute atomic E-state index is 13.2. The first-order valence-corrected chi connectivity index (χ1v) is 9.23. The Labute approximate surface area is 173 Å². The maximum Gasteiger partial charge on any atom is 0.251 e. The average molecular weight is 413 g/mol. The van der Waals surface area contributed by atoms with Gasteiger partial charge in [-0.25, -0.2) is 0 Å². The van der Waals surface area contributed by atoms with E-state index < -0.39 is 17.9 Å². The highest BCUT2D eigenvalue weighted by molar-refractivity contribution is 5.98. The van der Waals surface area contributed by atoms with Crippen LogP contribution in [0.4, 0.5) is 5.69 Å². The Morgan fingerprint density at radius 2 is 1.80 bits per heavy atom. The van der Waals surface area contributed by atoms with Gasteiger partial charge in [0.15, 0.2) is 11.5 Å². The van der Waals surface area contributed by atoms with Crippen molar-refractivity contribution in [1.82, 2.24) is 10.2 Å². The highest BCUT2D eigenvalue weighted by Crippen LogP contribution is 2.34. The third kappa shape index (κ3) is 4.80. The summed E-state index contributed by atoms with van der Waals surface area (Å²) in [6.45, 7) is 1.23. The van der Waals surface area contributed by atoms with Gasteiger partial charge in [0.2, 0.25) is 18.6 Å². The number of amides is 3. The van der Waals surface area contributed by atoms with Crippen molar-refractivity contribution >= 4 is 23.4 Å². The van der Waals surface area contributed by atoms with Crippen molar-refractivity contribution in [1.29, 1.82) is 0 Å². The van der Waals surface area contributed by atoms with Crippen LogP contribution in [0.5, 0.6) is 17.2 Å².